The number of aliphatic carboxylic acids is 1. The van der Waals surface area contributed by atoms with Crippen LogP contribution in [-0.2, 0) is 28.8 Å². The minimum absolute atomic E-state index is 0.0580. The Morgan fingerprint density at radius 2 is 1.26 bits per heavy atom. The lowest BCUT2D eigenvalue weighted by Gasteiger charge is -2.25. The van der Waals surface area contributed by atoms with E-state index in [1.54, 1.807) is 13.8 Å². The fraction of sp³-hybridized carbons (Fsp3) is 0.700. The summed E-state index contributed by atoms with van der Waals surface area (Å²) < 4.78 is 0. The summed E-state index contributed by atoms with van der Waals surface area (Å²) in [5, 5.41) is 16.4. The third kappa shape index (κ3) is 12.7. The van der Waals surface area contributed by atoms with E-state index in [9.17, 15) is 33.9 Å². The molecule has 0 aliphatic heterocycles. The second-order valence-electron chi connectivity index (χ2n) is 8.38. The van der Waals surface area contributed by atoms with Crippen molar-refractivity contribution < 1.29 is 33.9 Å². The summed E-state index contributed by atoms with van der Waals surface area (Å²) in [5.41, 5.74) is 21.3. The molecule has 0 aromatic carbocycles. The van der Waals surface area contributed by atoms with Crippen molar-refractivity contribution in [1.29, 1.82) is 0 Å². The summed E-state index contributed by atoms with van der Waals surface area (Å²) in [5.74, 6) is -5.61. The Labute approximate surface area is 197 Å². The molecule has 0 rings (SSSR count). The number of nitrogens with two attached hydrogens (primary N) is 4. The van der Waals surface area contributed by atoms with Crippen molar-refractivity contribution in [2.24, 2.45) is 28.9 Å². The van der Waals surface area contributed by atoms with E-state index in [1.165, 1.54) is 0 Å². The molecule has 12 N–H and O–H groups in total. The SMILES string of the molecule is CC(C)CC(NC(=O)C(CC(N)=O)NC(=O)C(CCCCN)NC(=O)C(N)CC(N)=O)C(=O)O. The van der Waals surface area contributed by atoms with E-state index >= 15 is 0 Å². The van der Waals surface area contributed by atoms with E-state index < -0.39 is 72.5 Å². The summed E-state index contributed by atoms with van der Waals surface area (Å²) in [4.78, 5) is 71.8. The monoisotopic (exact) mass is 487 g/mol. The Morgan fingerprint density at radius 3 is 1.74 bits per heavy atom. The predicted octanol–water partition coefficient (Wildman–Crippen LogP) is -3.22. The van der Waals surface area contributed by atoms with Gasteiger partial charge >= 0.3 is 5.97 Å². The van der Waals surface area contributed by atoms with Crippen molar-refractivity contribution in [3.63, 3.8) is 0 Å². The molecule has 0 spiro atoms. The van der Waals surface area contributed by atoms with E-state index in [2.05, 4.69) is 16.0 Å². The average molecular weight is 488 g/mol. The van der Waals surface area contributed by atoms with Crippen LogP contribution in [0.4, 0.5) is 0 Å². The topological polar surface area (TPSA) is 263 Å². The fourth-order valence-corrected chi connectivity index (χ4v) is 3.00. The van der Waals surface area contributed by atoms with Gasteiger partial charge in [-0.2, -0.15) is 0 Å². The second kappa shape index (κ2) is 15.6. The van der Waals surface area contributed by atoms with Crippen LogP contribution in [0.1, 0.15) is 52.4 Å². The first-order valence-corrected chi connectivity index (χ1v) is 10.9. The Kier molecular flexibility index (Phi) is 14.1. The van der Waals surface area contributed by atoms with Gasteiger partial charge in [0.25, 0.3) is 0 Å². The molecule has 0 radical (unpaired) electrons. The average Bonchev–Trinajstić information content (AvgIpc) is 2.70. The van der Waals surface area contributed by atoms with Crippen LogP contribution in [0.2, 0.25) is 0 Å². The van der Waals surface area contributed by atoms with Crippen LogP contribution >= 0.6 is 0 Å². The molecule has 34 heavy (non-hydrogen) atoms. The molecule has 194 valence electrons. The van der Waals surface area contributed by atoms with Crippen LogP contribution in [0.3, 0.4) is 0 Å². The number of rotatable bonds is 17. The maximum atomic E-state index is 12.9. The first-order valence-electron chi connectivity index (χ1n) is 10.9. The van der Waals surface area contributed by atoms with Gasteiger partial charge in [0.15, 0.2) is 0 Å². The van der Waals surface area contributed by atoms with E-state index in [4.69, 9.17) is 22.9 Å². The highest BCUT2D eigenvalue weighted by Gasteiger charge is 2.31. The number of amides is 5. The summed E-state index contributed by atoms with van der Waals surface area (Å²) >= 11 is 0. The molecule has 4 unspecified atom stereocenters. The van der Waals surface area contributed by atoms with Crippen LogP contribution in [-0.4, -0.2) is 71.3 Å². The summed E-state index contributed by atoms with van der Waals surface area (Å²) in [6, 6.07) is -5.19. The normalized spacial score (nSPS) is 14.4. The molecule has 0 saturated carbocycles. The Hall–Kier alpha value is -3.26. The molecule has 5 amide bonds. The predicted molar refractivity (Wildman–Crippen MR) is 121 cm³/mol. The number of carboxylic acid groups (broad SMARTS) is 1. The molecule has 0 bridgehead atoms. The zero-order valence-electron chi connectivity index (χ0n) is 19.5. The highest BCUT2D eigenvalue weighted by atomic mass is 16.4. The van der Waals surface area contributed by atoms with E-state index in [1.807, 2.05) is 0 Å². The third-order valence-electron chi connectivity index (χ3n) is 4.70. The summed E-state index contributed by atoms with van der Waals surface area (Å²) in [6.07, 6.45) is 0.163. The van der Waals surface area contributed by atoms with Gasteiger partial charge < -0.3 is 44.0 Å². The number of carboxylic acids is 1. The van der Waals surface area contributed by atoms with Crippen LogP contribution < -0.4 is 38.9 Å². The Morgan fingerprint density at radius 1 is 0.765 bits per heavy atom. The van der Waals surface area contributed by atoms with Crippen molar-refractivity contribution >= 4 is 35.5 Å². The van der Waals surface area contributed by atoms with Crippen molar-refractivity contribution in [2.45, 2.75) is 76.5 Å². The van der Waals surface area contributed by atoms with Crippen LogP contribution in [0.25, 0.3) is 0 Å². The molecule has 0 aliphatic carbocycles. The van der Waals surface area contributed by atoms with Gasteiger partial charge in [0.1, 0.15) is 18.1 Å². The number of nitrogens with one attached hydrogen (secondary N) is 3. The lowest BCUT2D eigenvalue weighted by Crippen LogP contribution is -2.58. The maximum absolute atomic E-state index is 12.9. The van der Waals surface area contributed by atoms with Crippen LogP contribution in [0.15, 0.2) is 0 Å². The minimum Gasteiger partial charge on any atom is -0.480 e. The lowest BCUT2D eigenvalue weighted by atomic mass is 10.0. The summed E-state index contributed by atoms with van der Waals surface area (Å²) in [7, 11) is 0. The first-order chi connectivity index (χ1) is 15.8. The third-order valence-corrected chi connectivity index (χ3v) is 4.70. The molecule has 4 atom stereocenters. The largest absolute Gasteiger partial charge is 0.480 e. The van der Waals surface area contributed by atoms with E-state index in [0.29, 0.717) is 19.4 Å². The van der Waals surface area contributed by atoms with Crippen molar-refractivity contribution in [1.82, 2.24) is 16.0 Å². The highest BCUT2D eigenvalue weighted by molar-refractivity contribution is 5.96. The van der Waals surface area contributed by atoms with E-state index in [-0.39, 0.29) is 18.8 Å². The maximum Gasteiger partial charge on any atom is 0.326 e. The van der Waals surface area contributed by atoms with Crippen molar-refractivity contribution in [2.75, 3.05) is 6.54 Å². The number of unbranched alkanes of at least 4 members (excludes halogenated alkanes) is 1. The molecule has 14 nitrogen and oxygen atoms in total. The zero-order chi connectivity index (χ0) is 26.4. The zero-order valence-corrected chi connectivity index (χ0v) is 19.5. The van der Waals surface area contributed by atoms with Crippen LogP contribution in [0.5, 0.6) is 0 Å². The number of carbonyl (C=O) groups excluding carboxylic acids is 5. The molecule has 14 heteroatoms. The number of primary amides is 2. The van der Waals surface area contributed by atoms with Gasteiger partial charge in [-0.3, -0.25) is 24.0 Å². The highest BCUT2D eigenvalue weighted by Crippen LogP contribution is 2.07. The minimum atomic E-state index is -1.48. The van der Waals surface area contributed by atoms with Gasteiger partial charge in [0.2, 0.25) is 29.5 Å². The van der Waals surface area contributed by atoms with Gasteiger partial charge in [-0.25, -0.2) is 4.79 Å². The standard InChI is InChI=1S/C20H37N7O7/c1-10(2)7-14(20(33)34)27-19(32)13(9-16(24)29)26-18(31)12(5-3-4-6-21)25-17(30)11(22)8-15(23)28/h10-14H,3-9,21-22H2,1-2H3,(H2,23,28)(H2,24,29)(H,25,30)(H,26,31)(H,27,32)(H,33,34). The second-order valence-corrected chi connectivity index (χ2v) is 8.38. The van der Waals surface area contributed by atoms with Gasteiger partial charge in [0.05, 0.1) is 18.9 Å². The molecule has 0 heterocycles. The first kappa shape index (κ1) is 30.7. The lowest BCUT2D eigenvalue weighted by molar-refractivity contribution is -0.143. The molecule has 0 aliphatic rings. The molecule has 0 aromatic rings. The Balaban J connectivity index is 5.54. The molecular formula is C20H37N7O7. The quantitative estimate of drug-likeness (QED) is 0.0957. The van der Waals surface area contributed by atoms with Crippen molar-refractivity contribution in [3.8, 4) is 0 Å². The molecular weight excluding hydrogens is 450 g/mol. The number of hydrogen-bond acceptors (Lipinski definition) is 8. The van der Waals surface area contributed by atoms with Crippen molar-refractivity contribution in [3.05, 3.63) is 0 Å². The molecule has 0 saturated heterocycles. The van der Waals surface area contributed by atoms with Gasteiger partial charge in [-0.1, -0.05) is 13.8 Å². The van der Waals surface area contributed by atoms with Crippen LogP contribution in [0, 0.1) is 5.92 Å². The van der Waals surface area contributed by atoms with Gasteiger partial charge in [-0.15, -0.1) is 0 Å². The van der Waals surface area contributed by atoms with Gasteiger partial charge in [0, 0.05) is 0 Å². The Bertz CT molecular complexity index is 745. The number of carbonyl (C=O) groups is 6. The fourth-order valence-electron chi connectivity index (χ4n) is 3.00. The molecule has 0 aromatic heterocycles. The smallest absolute Gasteiger partial charge is 0.326 e. The van der Waals surface area contributed by atoms with Gasteiger partial charge in [-0.05, 0) is 38.1 Å². The molecule has 0 fully saturated rings. The number of hydrogen-bond donors (Lipinski definition) is 8. The van der Waals surface area contributed by atoms with E-state index in [0.717, 1.165) is 0 Å². The summed E-state index contributed by atoms with van der Waals surface area (Å²) in [6.45, 7) is 3.87.